The number of nitrogens with zero attached hydrogens (tertiary/aromatic N) is 2. The summed E-state index contributed by atoms with van der Waals surface area (Å²) >= 11 is 0. The number of fused-ring (bicyclic) bond motifs is 2. The van der Waals surface area contributed by atoms with Crippen LogP contribution in [0.5, 0.6) is 5.75 Å². The average Bonchev–Trinajstić information content (AvgIpc) is 3.26. The number of methoxy groups -OCH3 is 1. The van der Waals surface area contributed by atoms with Crippen molar-refractivity contribution in [3.8, 4) is 5.75 Å². The Morgan fingerprint density at radius 2 is 1.70 bits per heavy atom. The van der Waals surface area contributed by atoms with Crippen molar-refractivity contribution in [3.05, 3.63) is 58.1 Å². The van der Waals surface area contributed by atoms with Crippen LogP contribution in [-0.4, -0.2) is 42.0 Å². The second-order valence-electron chi connectivity index (χ2n) is 8.88. The third-order valence-electron chi connectivity index (χ3n) is 6.45. The molecule has 2 aromatic carbocycles. The molecule has 2 amide bonds. The lowest BCUT2D eigenvalue weighted by atomic mass is 9.89. The fraction of sp³-hybridized carbons (Fsp3) is 0.417. The van der Waals surface area contributed by atoms with Gasteiger partial charge in [-0.05, 0) is 54.8 Å². The standard InChI is InChI=1S/C24H22F6N2O5/c1-12-5-18(17-10-20-14(3-4-37-20)8-19(17)32(12)21(33)34)31(22(35)36-2)11-13-6-15(23(25,26)27)9-16(7-13)24(28,29)30/h6-10,12,18H,3-5,11H2,1-2H3,(H,33,34)/t12-,18+/m1/s1. The highest BCUT2D eigenvalue weighted by atomic mass is 19.4. The van der Waals surface area contributed by atoms with E-state index in [-0.39, 0.29) is 18.2 Å². The molecule has 0 aliphatic carbocycles. The predicted octanol–water partition coefficient (Wildman–Crippen LogP) is 6.25. The highest BCUT2D eigenvalue weighted by Gasteiger charge is 2.41. The quantitative estimate of drug-likeness (QED) is 0.473. The highest BCUT2D eigenvalue weighted by molar-refractivity contribution is 5.89. The number of anilines is 1. The van der Waals surface area contributed by atoms with Crippen molar-refractivity contribution in [2.75, 3.05) is 18.6 Å². The smallest absolute Gasteiger partial charge is 0.416 e. The lowest BCUT2D eigenvalue weighted by Gasteiger charge is -2.42. The first-order valence-electron chi connectivity index (χ1n) is 11.2. The van der Waals surface area contributed by atoms with E-state index in [9.17, 15) is 41.0 Å². The largest absolute Gasteiger partial charge is 0.493 e. The van der Waals surface area contributed by atoms with Crippen LogP contribution in [0, 0.1) is 0 Å². The van der Waals surface area contributed by atoms with Gasteiger partial charge in [-0.15, -0.1) is 0 Å². The van der Waals surface area contributed by atoms with Gasteiger partial charge < -0.3 is 14.6 Å². The number of alkyl halides is 6. The Bertz CT molecular complexity index is 1200. The van der Waals surface area contributed by atoms with E-state index < -0.39 is 59.9 Å². The van der Waals surface area contributed by atoms with Crippen LogP contribution in [0.4, 0.5) is 41.6 Å². The molecule has 2 aliphatic heterocycles. The van der Waals surface area contributed by atoms with Crippen LogP contribution >= 0.6 is 0 Å². The van der Waals surface area contributed by atoms with Crippen molar-refractivity contribution in [2.45, 2.75) is 50.7 Å². The molecule has 0 saturated carbocycles. The highest BCUT2D eigenvalue weighted by Crippen LogP contribution is 2.46. The first-order chi connectivity index (χ1) is 17.2. The zero-order chi connectivity index (χ0) is 27.3. The number of ether oxygens (including phenoxy) is 2. The molecule has 2 aliphatic rings. The fourth-order valence-electron chi connectivity index (χ4n) is 4.81. The van der Waals surface area contributed by atoms with Crippen molar-refractivity contribution < 1.29 is 50.5 Å². The van der Waals surface area contributed by atoms with Crippen molar-refractivity contribution in [1.82, 2.24) is 4.90 Å². The lowest BCUT2D eigenvalue weighted by molar-refractivity contribution is -0.143. The molecule has 2 aromatic rings. The van der Waals surface area contributed by atoms with E-state index in [1.165, 1.54) is 0 Å². The molecule has 0 saturated heterocycles. The molecule has 37 heavy (non-hydrogen) atoms. The van der Waals surface area contributed by atoms with Gasteiger partial charge >= 0.3 is 24.5 Å². The summed E-state index contributed by atoms with van der Waals surface area (Å²) in [7, 11) is 1.03. The normalized spacial score (nSPS) is 19.1. The van der Waals surface area contributed by atoms with Gasteiger partial charge in [0.15, 0.2) is 0 Å². The van der Waals surface area contributed by atoms with Gasteiger partial charge in [-0.25, -0.2) is 9.59 Å². The molecule has 2 heterocycles. The van der Waals surface area contributed by atoms with E-state index in [0.717, 1.165) is 22.5 Å². The van der Waals surface area contributed by atoms with E-state index in [1.807, 2.05) is 0 Å². The van der Waals surface area contributed by atoms with Gasteiger partial charge in [0, 0.05) is 24.6 Å². The Morgan fingerprint density at radius 1 is 1.08 bits per heavy atom. The zero-order valence-electron chi connectivity index (χ0n) is 19.6. The molecular weight excluding hydrogens is 510 g/mol. The molecule has 0 bridgehead atoms. The number of carbonyl (C=O) groups excluding carboxylic acids is 1. The number of rotatable bonds is 3. The molecule has 0 aromatic heterocycles. The maximum Gasteiger partial charge on any atom is 0.416 e. The number of halogens is 6. The maximum atomic E-state index is 13.4. The summed E-state index contributed by atoms with van der Waals surface area (Å²) in [5.74, 6) is 0.465. The van der Waals surface area contributed by atoms with Crippen molar-refractivity contribution in [1.29, 1.82) is 0 Å². The number of hydrogen-bond acceptors (Lipinski definition) is 4. The fourth-order valence-corrected chi connectivity index (χ4v) is 4.81. The number of carbonyl (C=O) groups is 2. The molecule has 7 nitrogen and oxygen atoms in total. The van der Waals surface area contributed by atoms with Crippen LogP contribution in [0.3, 0.4) is 0 Å². The topological polar surface area (TPSA) is 79.3 Å². The minimum absolute atomic E-state index is 0.00927. The van der Waals surface area contributed by atoms with Gasteiger partial charge in [0.1, 0.15) is 5.75 Å². The van der Waals surface area contributed by atoms with E-state index in [4.69, 9.17) is 9.47 Å². The third-order valence-corrected chi connectivity index (χ3v) is 6.45. The summed E-state index contributed by atoms with van der Waals surface area (Å²) < 4.78 is 90.8. The SMILES string of the molecule is COC(=O)N(Cc1cc(C(F)(F)F)cc(C(F)(F)F)c1)[C@H]1C[C@@H](C)N(C(=O)O)c2cc3c(cc21)OCC3. The molecule has 0 unspecified atom stereocenters. The minimum atomic E-state index is -5.06. The number of benzene rings is 2. The Hall–Kier alpha value is -3.64. The van der Waals surface area contributed by atoms with Gasteiger partial charge in [-0.3, -0.25) is 9.80 Å². The Morgan fingerprint density at radius 3 is 2.24 bits per heavy atom. The zero-order valence-corrected chi connectivity index (χ0v) is 19.6. The van der Waals surface area contributed by atoms with Crippen LogP contribution in [0.2, 0.25) is 0 Å². The number of carboxylic acid groups (broad SMARTS) is 1. The molecule has 0 radical (unpaired) electrons. The molecule has 200 valence electrons. The summed E-state index contributed by atoms with van der Waals surface area (Å²) in [5, 5.41) is 9.81. The van der Waals surface area contributed by atoms with Crippen molar-refractivity contribution in [2.24, 2.45) is 0 Å². The van der Waals surface area contributed by atoms with Crippen molar-refractivity contribution >= 4 is 17.9 Å². The third kappa shape index (κ3) is 5.12. The van der Waals surface area contributed by atoms with Crippen molar-refractivity contribution in [3.63, 3.8) is 0 Å². The van der Waals surface area contributed by atoms with Gasteiger partial charge in [0.2, 0.25) is 0 Å². The van der Waals surface area contributed by atoms with Crippen LogP contribution in [-0.2, 0) is 30.1 Å². The minimum Gasteiger partial charge on any atom is -0.493 e. The molecule has 13 heteroatoms. The Balaban J connectivity index is 1.83. The van der Waals surface area contributed by atoms with Gasteiger partial charge in [-0.2, -0.15) is 26.3 Å². The van der Waals surface area contributed by atoms with Gasteiger partial charge in [0.25, 0.3) is 0 Å². The molecule has 4 rings (SSSR count). The molecular formula is C24H22F6N2O5. The number of amides is 2. The summed E-state index contributed by atoms with van der Waals surface area (Å²) in [4.78, 5) is 27.0. The second kappa shape index (κ2) is 9.34. The lowest BCUT2D eigenvalue weighted by Crippen LogP contribution is -2.47. The van der Waals surface area contributed by atoms with E-state index >= 15 is 0 Å². The Labute approximate surface area is 207 Å². The summed E-state index contributed by atoms with van der Waals surface area (Å²) in [6, 6.07) is 2.70. The molecule has 2 atom stereocenters. The first-order valence-corrected chi connectivity index (χ1v) is 11.2. The van der Waals surface area contributed by atoms with Crippen LogP contribution in [0.15, 0.2) is 30.3 Å². The summed E-state index contributed by atoms with van der Waals surface area (Å²) in [6.07, 6.45) is -11.8. The average molecular weight is 532 g/mol. The maximum absolute atomic E-state index is 13.4. The van der Waals surface area contributed by atoms with Crippen LogP contribution in [0.1, 0.15) is 47.2 Å². The molecule has 1 N–H and O–H groups in total. The monoisotopic (exact) mass is 532 g/mol. The predicted molar refractivity (Wildman–Crippen MR) is 117 cm³/mol. The second-order valence-corrected chi connectivity index (χ2v) is 8.88. The van der Waals surface area contributed by atoms with E-state index in [1.54, 1.807) is 19.1 Å². The van der Waals surface area contributed by atoms with Gasteiger partial charge in [0.05, 0.1) is 36.6 Å². The summed E-state index contributed by atoms with van der Waals surface area (Å²) in [6.45, 7) is 1.30. The van der Waals surface area contributed by atoms with Crippen LogP contribution in [0.25, 0.3) is 0 Å². The van der Waals surface area contributed by atoms with Gasteiger partial charge in [-0.1, -0.05) is 0 Å². The molecule has 0 spiro atoms. The Kier molecular flexibility index (Phi) is 6.67. The molecule has 0 fully saturated rings. The van der Waals surface area contributed by atoms with E-state index in [2.05, 4.69) is 0 Å². The summed E-state index contributed by atoms with van der Waals surface area (Å²) in [5.41, 5.74) is -2.11. The van der Waals surface area contributed by atoms with Crippen LogP contribution < -0.4 is 9.64 Å². The first kappa shape index (κ1) is 26.4. The van der Waals surface area contributed by atoms with E-state index in [0.29, 0.717) is 36.5 Å². The number of hydrogen-bond donors (Lipinski definition) is 1.